The number of methoxy groups -OCH3 is 2. The monoisotopic (exact) mass is 353 g/mol. The quantitative estimate of drug-likeness (QED) is 0.826. The van der Waals surface area contributed by atoms with Crippen molar-refractivity contribution in [3.63, 3.8) is 0 Å². The van der Waals surface area contributed by atoms with Crippen molar-refractivity contribution in [3.8, 4) is 11.5 Å². The number of aryl methyl sites for hydroxylation is 1. The molecular weight excluding hydrogens is 337 g/mol. The molecule has 0 saturated carbocycles. The molecule has 0 fully saturated rings. The highest BCUT2D eigenvalue weighted by atomic mass is 35.5. The second kappa shape index (κ2) is 8.09. The largest absolute Gasteiger partial charge is 0.497 e. The minimum Gasteiger partial charge on any atom is -0.497 e. The molecule has 0 aliphatic heterocycles. The minimum atomic E-state index is -0.146. The number of hydrogen-bond acceptors (Lipinski definition) is 3. The van der Waals surface area contributed by atoms with Gasteiger partial charge in [-0.3, -0.25) is 4.79 Å². The molecule has 0 aliphatic carbocycles. The van der Waals surface area contributed by atoms with Crippen LogP contribution in [0.1, 0.15) is 12.0 Å². The summed E-state index contributed by atoms with van der Waals surface area (Å²) in [6.45, 7) is 0. The van der Waals surface area contributed by atoms with E-state index in [1.165, 1.54) is 0 Å². The topological polar surface area (TPSA) is 47.6 Å². The Balaban J connectivity index is 2.03. The van der Waals surface area contributed by atoms with Crippen LogP contribution in [0.25, 0.3) is 0 Å². The zero-order chi connectivity index (χ0) is 16.8. The van der Waals surface area contributed by atoms with E-state index in [0.717, 1.165) is 5.56 Å². The molecule has 4 nitrogen and oxygen atoms in total. The first-order valence-corrected chi connectivity index (χ1v) is 7.75. The molecule has 1 amide bonds. The van der Waals surface area contributed by atoms with Crippen LogP contribution in [-0.2, 0) is 11.2 Å². The van der Waals surface area contributed by atoms with Gasteiger partial charge in [0.05, 0.1) is 30.0 Å². The fourth-order valence-corrected chi connectivity index (χ4v) is 2.53. The van der Waals surface area contributed by atoms with Gasteiger partial charge < -0.3 is 14.8 Å². The van der Waals surface area contributed by atoms with Gasteiger partial charge in [0.1, 0.15) is 11.5 Å². The lowest BCUT2D eigenvalue weighted by Gasteiger charge is -2.12. The van der Waals surface area contributed by atoms with Gasteiger partial charge in [0, 0.05) is 12.5 Å². The summed E-state index contributed by atoms with van der Waals surface area (Å²) >= 11 is 12.1. The summed E-state index contributed by atoms with van der Waals surface area (Å²) in [6.07, 6.45) is 0.776. The molecule has 0 atom stereocenters. The van der Waals surface area contributed by atoms with E-state index in [9.17, 15) is 4.79 Å². The lowest BCUT2D eigenvalue weighted by Crippen LogP contribution is -2.13. The Labute approximate surface area is 145 Å². The third kappa shape index (κ3) is 4.53. The Hall–Kier alpha value is -1.91. The summed E-state index contributed by atoms with van der Waals surface area (Å²) in [5.74, 6) is 1.06. The Bertz CT molecular complexity index is 704. The number of anilines is 1. The van der Waals surface area contributed by atoms with Crippen LogP contribution in [0.3, 0.4) is 0 Å². The molecule has 6 heteroatoms. The predicted molar refractivity (Wildman–Crippen MR) is 93.0 cm³/mol. The van der Waals surface area contributed by atoms with E-state index in [0.29, 0.717) is 33.7 Å². The molecule has 0 radical (unpaired) electrons. The van der Waals surface area contributed by atoms with Gasteiger partial charge in [-0.25, -0.2) is 0 Å². The highest BCUT2D eigenvalue weighted by Crippen LogP contribution is 2.29. The summed E-state index contributed by atoms with van der Waals surface area (Å²) in [5.41, 5.74) is 1.40. The Morgan fingerprint density at radius 3 is 2.61 bits per heavy atom. The molecule has 2 aromatic carbocycles. The third-order valence-corrected chi connectivity index (χ3v) is 4.19. The maximum absolute atomic E-state index is 12.2. The van der Waals surface area contributed by atoms with Crippen LogP contribution in [0.4, 0.5) is 5.69 Å². The first-order valence-electron chi connectivity index (χ1n) is 7.00. The van der Waals surface area contributed by atoms with E-state index >= 15 is 0 Å². The number of nitrogens with one attached hydrogen (secondary N) is 1. The van der Waals surface area contributed by atoms with Crippen LogP contribution in [0, 0.1) is 0 Å². The van der Waals surface area contributed by atoms with Crippen LogP contribution in [0.15, 0.2) is 36.4 Å². The smallest absolute Gasteiger partial charge is 0.224 e. The zero-order valence-corrected chi connectivity index (χ0v) is 14.4. The SMILES string of the molecule is COc1ccc(OC)c(NC(=O)CCc2cccc(Cl)c2Cl)c1. The summed E-state index contributed by atoms with van der Waals surface area (Å²) in [6, 6.07) is 10.6. The van der Waals surface area contributed by atoms with Gasteiger partial charge >= 0.3 is 0 Å². The van der Waals surface area contributed by atoms with Gasteiger partial charge in [-0.1, -0.05) is 35.3 Å². The molecule has 0 aromatic heterocycles. The van der Waals surface area contributed by atoms with Gasteiger partial charge in [-0.05, 0) is 30.2 Å². The van der Waals surface area contributed by atoms with Crippen LogP contribution in [-0.4, -0.2) is 20.1 Å². The van der Waals surface area contributed by atoms with E-state index in [1.807, 2.05) is 12.1 Å². The summed E-state index contributed by atoms with van der Waals surface area (Å²) in [7, 11) is 3.11. The number of hydrogen-bond donors (Lipinski definition) is 1. The predicted octanol–water partition coefficient (Wildman–Crippen LogP) is 4.58. The number of ether oxygens (including phenoxy) is 2. The Kier molecular flexibility index (Phi) is 6.13. The molecular formula is C17H17Cl2NO3. The van der Waals surface area contributed by atoms with Crippen molar-refractivity contribution in [2.45, 2.75) is 12.8 Å². The van der Waals surface area contributed by atoms with Gasteiger partial charge in [0.2, 0.25) is 5.91 Å². The second-order valence-electron chi connectivity index (χ2n) is 4.83. The third-order valence-electron chi connectivity index (χ3n) is 3.33. The summed E-state index contributed by atoms with van der Waals surface area (Å²) in [4.78, 5) is 12.2. The number of rotatable bonds is 6. The van der Waals surface area contributed by atoms with E-state index in [4.69, 9.17) is 32.7 Å². The van der Waals surface area contributed by atoms with Crippen molar-refractivity contribution in [3.05, 3.63) is 52.0 Å². The number of carbonyl (C=O) groups excluding carboxylic acids is 1. The fourth-order valence-electron chi connectivity index (χ4n) is 2.11. The molecule has 2 rings (SSSR count). The Morgan fingerprint density at radius 2 is 1.91 bits per heavy atom. The Morgan fingerprint density at radius 1 is 1.13 bits per heavy atom. The van der Waals surface area contributed by atoms with Gasteiger partial charge in [0.25, 0.3) is 0 Å². The molecule has 0 aliphatic rings. The van der Waals surface area contributed by atoms with Gasteiger partial charge in [-0.15, -0.1) is 0 Å². The van der Waals surface area contributed by atoms with Crippen LogP contribution >= 0.6 is 23.2 Å². The van der Waals surface area contributed by atoms with Crippen molar-refractivity contribution in [1.29, 1.82) is 0 Å². The molecule has 122 valence electrons. The van der Waals surface area contributed by atoms with Crippen LogP contribution < -0.4 is 14.8 Å². The van der Waals surface area contributed by atoms with E-state index in [2.05, 4.69) is 5.32 Å². The number of halogens is 2. The maximum Gasteiger partial charge on any atom is 0.224 e. The van der Waals surface area contributed by atoms with Crippen molar-refractivity contribution in [2.24, 2.45) is 0 Å². The standard InChI is InChI=1S/C17H17Cl2NO3/c1-22-12-7-8-15(23-2)14(10-12)20-16(21)9-6-11-4-3-5-13(18)17(11)19/h3-5,7-8,10H,6,9H2,1-2H3,(H,20,21). The zero-order valence-electron chi connectivity index (χ0n) is 12.9. The van der Waals surface area contributed by atoms with Crippen molar-refractivity contribution >= 4 is 34.8 Å². The number of amides is 1. The lowest BCUT2D eigenvalue weighted by molar-refractivity contribution is -0.116. The second-order valence-corrected chi connectivity index (χ2v) is 5.61. The molecule has 0 saturated heterocycles. The van der Waals surface area contributed by atoms with E-state index in [-0.39, 0.29) is 12.3 Å². The highest BCUT2D eigenvalue weighted by molar-refractivity contribution is 6.42. The van der Waals surface area contributed by atoms with Crippen LogP contribution in [0.2, 0.25) is 10.0 Å². The van der Waals surface area contributed by atoms with E-state index < -0.39 is 0 Å². The molecule has 1 N–H and O–H groups in total. The molecule has 0 spiro atoms. The van der Waals surface area contributed by atoms with Crippen molar-refractivity contribution < 1.29 is 14.3 Å². The number of carbonyl (C=O) groups is 1. The van der Waals surface area contributed by atoms with Gasteiger partial charge in [0.15, 0.2) is 0 Å². The first kappa shape index (κ1) is 17.4. The maximum atomic E-state index is 12.2. The average molecular weight is 354 g/mol. The first-order chi connectivity index (χ1) is 11.0. The fraction of sp³-hybridized carbons (Fsp3) is 0.235. The minimum absolute atomic E-state index is 0.146. The molecule has 0 bridgehead atoms. The van der Waals surface area contributed by atoms with Crippen LogP contribution in [0.5, 0.6) is 11.5 Å². The normalized spacial score (nSPS) is 10.3. The van der Waals surface area contributed by atoms with Gasteiger partial charge in [-0.2, -0.15) is 0 Å². The summed E-state index contributed by atoms with van der Waals surface area (Å²) < 4.78 is 10.4. The lowest BCUT2D eigenvalue weighted by atomic mass is 10.1. The highest BCUT2D eigenvalue weighted by Gasteiger charge is 2.11. The molecule has 23 heavy (non-hydrogen) atoms. The van der Waals surface area contributed by atoms with E-state index in [1.54, 1.807) is 38.5 Å². The summed E-state index contributed by atoms with van der Waals surface area (Å²) in [5, 5.41) is 3.79. The average Bonchev–Trinajstić information content (AvgIpc) is 2.56. The van der Waals surface area contributed by atoms with Crippen molar-refractivity contribution in [2.75, 3.05) is 19.5 Å². The molecule has 2 aromatic rings. The molecule has 0 unspecified atom stereocenters. The molecule has 0 heterocycles. The number of benzene rings is 2. The van der Waals surface area contributed by atoms with Crippen molar-refractivity contribution in [1.82, 2.24) is 0 Å².